The molecule has 0 radical (unpaired) electrons. The maximum Gasteiger partial charge on any atom is 0.173 e. The maximum atomic E-state index is 6.26. The number of rotatable bonds is 2. The minimum atomic E-state index is -0.348. The van der Waals surface area contributed by atoms with E-state index in [-0.39, 0.29) is 16.6 Å². The van der Waals surface area contributed by atoms with Gasteiger partial charge < -0.3 is 9.47 Å². The van der Waals surface area contributed by atoms with Crippen LogP contribution in [0.15, 0.2) is 11.6 Å². The zero-order chi connectivity index (χ0) is 17.1. The summed E-state index contributed by atoms with van der Waals surface area (Å²) in [5.74, 6) is 1.07. The lowest BCUT2D eigenvalue weighted by Gasteiger charge is -2.65. The van der Waals surface area contributed by atoms with E-state index in [2.05, 4.69) is 26.8 Å². The van der Waals surface area contributed by atoms with Crippen LogP contribution in [-0.2, 0) is 9.47 Å². The molecule has 24 heavy (non-hydrogen) atoms. The maximum absolute atomic E-state index is 6.26. The Morgan fingerprint density at radius 2 is 1.83 bits per heavy atom. The standard InChI is InChI=1S/C21H33ClO2/c1-18(2)16-7-9-20(12-13-22)8-5-4-6-17(20)19(16,3)10-11-21(18)23-14-15-24-21/h6,16H,4-5,7-15H2,1-3H3/t16-,19-,20+/m0/s1. The van der Waals surface area contributed by atoms with Crippen LogP contribution < -0.4 is 0 Å². The number of fused-ring (bicyclic) bond motifs is 3. The second-order valence-electron chi connectivity index (χ2n) is 9.41. The van der Waals surface area contributed by atoms with Gasteiger partial charge in [0, 0.05) is 17.7 Å². The molecule has 0 aromatic carbocycles. The third-order valence-electron chi connectivity index (χ3n) is 8.23. The lowest BCUT2D eigenvalue weighted by atomic mass is 9.42. The van der Waals surface area contributed by atoms with Crippen LogP contribution in [0.4, 0.5) is 0 Å². The Hall–Kier alpha value is -0.0500. The summed E-state index contributed by atoms with van der Waals surface area (Å²) in [5, 5.41) is 0. The summed E-state index contributed by atoms with van der Waals surface area (Å²) in [6, 6.07) is 0. The van der Waals surface area contributed by atoms with Crippen molar-refractivity contribution in [3.63, 3.8) is 0 Å². The van der Waals surface area contributed by atoms with Gasteiger partial charge in [-0.05, 0) is 61.7 Å². The first-order valence-electron chi connectivity index (χ1n) is 9.95. The van der Waals surface area contributed by atoms with E-state index in [0.29, 0.717) is 11.3 Å². The minimum absolute atomic E-state index is 0.0575. The minimum Gasteiger partial charge on any atom is -0.347 e. The van der Waals surface area contributed by atoms with Crippen LogP contribution in [-0.4, -0.2) is 24.9 Å². The van der Waals surface area contributed by atoms with E-state index in [1.54, 1.807) is 5.57 Å². The number of alkyl halides is 1. The average Bonchev–Trinajstić information content (AvgIpc) is 3.03. The quantitative estimate of drug-likeness (QED) is 0.469. The van der Waals surface area contributed by atoms with E-state index >= 15 is 0 Å². The Morgan fingerprint density at radius 1 is 1.08 bits per heavy atom. The van der Waals surface area contributed by atoms with Gasteiger partial charge in [-0.25, -0.2) is 0 Å². The fraction of sp³-hybridized carbons (Fsp3) is 0.905. The Balaban J connectivity index is 1.74. The van der Waals surface area contributed by atoms with Crippen molar-refractivity contribution in [2.24, 2.45) is 22.2 Å². The molecule has 4 aliphatic rings. The van der Waals surface area contributed by atoms with E-state index in [1.807, 2.05) is 0 Å². The van der Waals surface area contributed by atoms with E-state index in [0.717, 1.165) is 31.9 Å². The Bertz CT molecular complexity index is 534. The lowest BCUT2D eigenvalue weighted by molar-refractivity contribution is -0.285. The van der Waals surface area contributed by atoms with Gasteiger partial charge in [-0.3, -0.25) is 0 Å². The van der Waals surface area contributed by atoms with Gasteiger partial charge in [0.25, 0.3) is 0 Å². The van der Waals surface area contributed by atoms with Crippen molar-refractivity contribution in [1.82, 2.24) is 0 Å². The van der Waals surface area contributed by atoms with Crippen LogP contribution in [0.25, 0.3) is 0 Å². The van der Waals surface area contributed by atoms with Crippen molar-refractivity contribution in [2.75, 3.05) is 19.1 Å². The monoisotopic (exact) mass is 352 g/mol. The van der Waals surface area contributed by atoms with E-state index in [4.69, 9.17) is 21.1 Å². The van der Waals surface area contributed by atoms with Crippen molar-refractivity contribution in [3.05, 3.63) is 11.6 Å². The molecule has 2 saturated carbocycles. The fourth-order valence-electron chi connectivity index (χ4n) is 7.08. The number of hydrogen-bond donors (Lipinski definition) is 0. The second-order valence-corrected chi connectivity index (χ2v) is 9.79. The number of ether oxygens (including phenoxy) is 2. The average molecular weight is 353 g/mol. The molecule has 0 aromatic rings. The first-order chi connectivity index (χ1) is 11.4. The molecule has 1 heterocycles. The summed E-state index contributed by atoms with van der Waals surface area (Å²) in [5.41, 5.74) is 2.47. The highest BCUT2D eigenvalue weighted by atomic mass is 35.5. The van der Waals surface area contributed by atoms with Crippen LogP contribution in [0.2, 0.25) is 0 Å². The highest BCUT2D eigenvalue weighted by Crippen LogP contribution is 2.69. The van der Waals surface area contributed by atoms with Crippen LogP contribution in [0, 0.1) is 22.2 Å². The van der Waals surface area contributed by atoms with Crippen molar-refractivity contribution >= 4 is 11.6 Å². The molecule has 3 fully saturated rings. The zero-order valence-corrected chi connectivity index (χ0v) is 16.4. The number of allylic oxidation sites excluding steroid dienone is 2. The van der Waals surface area contributed by atoms with Gasteiger partial charge in [-0.1, -0.05) is 32.4 Å². The van der Waals surface area contributed by atoms with Crippen molar-refractivity contribution < 1.29 is 9.47 Å². The molecule has 4 rings (SSSR count). The van der Waals surface area contributed by atoms with Gasteiger partial charge in [0.1, 0.15) is 0 Å². The summed E-state index contributed by atoms with van der Waals surface area (Å²) >= 11 is 6.26. The van der Waals surface area contributed by atoms with Gasteiger partial charge in [0.05, 0.1) is 13.2 Å². The summed E-state index contributed by atoms with van der Waals surface area (Å²) in [6.07, 6.45) is 12.5. The molecule has 0 aromatic heterocycles. The smallest absolute Gasteiger partial charge is 0.173 e. The Kier molecular flexibility index (Phi) is 4.14. The lowest BCUT2D eigenvalue weighted by Crippen LogP contribution is -2.62. The molecule has 136 valence electrons. The zero-order valence-electron chi connectivity index (χ0n) is 15.6. The molecule has 0 unspecified atom stereocenters. The molecule has 2 nitrogen and oxygen atoms in total. The van der Waals surface area contributed by atoms with E-state index in [9.17, 15) is 0 Å². The SMILES string of the molecule is CC1(C)[C@@H]2CC[C@@]3(CCCl)CCCC=C3[C@@]2(C)CCC12OCCO2. The van der Waals surface area contributed by atoms with Gasteiger partial charge in [-0.15, -0.1) is 11.6 Å². The Labute approximate surface area is 152 Å². The Morgan fingerprint density at radius 3 is 2.54 bits per heavy atom. The van der Waals surface area contributed by atoms with Gasteiger partial charge in [0.15, 0.2) is 5.79 Å². The van der Waals surface area contributed by atoms with E-state index in [1.165, 1.54) is 38.5 Å². The predicted octanol–water partition coefficient (Wildman–Crippen LogP) is 5.69. The van der Waals surface area contributed by atoms with Crippen LogP contribution in [0.5, 0.6) is 0 Å². The highest BCUT2D eigenvalue weighted by molar-refractivity contribution is 6.17. The van der Waals surface area contributed by atoms with Gasteiger partial charge >= 0.3 is 0 Å². The normalized spacial score (nSPS) is 43.2. The third kappa shape index (κ3) is 2.15. The van der Waals surface area contributed by atoms with Gasteiger partial charge in [-0.2, -0.15) is 0 Å². The summed E-state index contributed by atoms with van der Waals surface area (Å²) in [6.45, 7) is 8.86. The molecule has 3 aliphatic carbocycles. The molecule has 0 amide bonds. The molecular weight excluding hydrogens is 320 g/mol. The fourth-order valence-corrected chi connectivity index (χ4v) is 7.44. The second kappa shape index (κ2) is 5.72. The number of hydrogen-bond acceptors (Lipinski definition) is 2. The molecule has 0 bridgehead atoms. The van der Waals surface area contributed by atoms with Crippen molar-refractivity contribution in [3.8, 4) is 0 Å². The molecular formula is C21H33ClO2. The van der Waals surface area contributed by atoms with Crippen LogP contribution >= 0.6 is 11.6 Å². The summed E-state index contributed by atoms with van der Waals surface area (Å²) in [7, 11) is 0. The van der Waals surface area contributed by atoms with Gasteiger partial charge in [0.2, 0.25) is 0 Å². The van der Waals surface area contributed by atoms with Crippen LogP contribution in [0.3, 0.4) is 0 Å². The van der Waals surface area contributed by atoms with E-state index < -0.39 is 0 Å². The summed E-state index contributed by atoms with van der Waals surface area (Å²) in [4.78, 5) is 0. The first kappa shape index (κ1) is 17.4. The highest BCUT2D eigenvalue weighted by Gasteiger charge is 2.65. The predicted molar refractivity (Wildman–Crippen MR) is 98.2 cm³/mol. The molecule has 1 saturated heterocycles. The molecule has 0 N–H and O–H groups in total. The summed E-state index contributed by atoms with van der Waals surface area (Å²) < 4.78 is 12.5. The third-order valence-corrected chi connectivity index (χ3v) is 8.42. The first-order valence-corrected chi connectivity index (χ1v) is 10.5. The number of halogens is 1. The van der Waals surface area contributed by atoms with Crippen LogP contribution in [0.1, 0.15) is 72.1 Å². The van der Waals surface area contributed by atoms with Crippen molar-refractivity contribution in [1.29, 1.82) is 0 Å². The van der Waals surface area contributed by atoms with Crippen molar-refractivity contribution in [2.45, 2.75) is 77.9 Å². The topological polar surface area (TPSA) is 18.5 Å². The molecule has 1 aliphatic heterocycles. The largest absolute Gasteiger partial charge is 0.347 e. The molecule has 3 atom stereocenters. The molecule has 1 spiro atoms. The molecule has 3 heteroatoms.